The van der Waals surface area contributed by atoms with Crippen LogP contribution in [0.5, 0.6) is 5.75 Å². The highest BCUT2D eigenvalue weighted by Crippen LogP contribution is 2.24. The third-order valence-corrected chi connectivity index (χ3v) is 3.61. The Hall–Kier alpha value is -1.55. The lowest BCUT2D eigenvalue weighted by atomic mass is 10.3. The Morgan fingerprint density at radius 3 is 2.88 bits per heavy atom. The molecule has 2 rings (SSSR count). The summed E-state index contributed by atoms with van der Waals surface area (Å²) in [5.74, 6) is 0.868. The number of aromatic nitrogens is 1. The van der Waals surface area contributed by atoms with Gasteiger partial charge in [-0.25, -0.2) is 4.98 Å². The molecule has 0 aliphatic carbocycles. The maximum atomic E-state index is 5.29. The van der Waals surface area contributed by atoms with Gasteiger partial charge in [-0.1, -0.05) is 19.1 Å². The summed E-state index contributed by atoms with van der Waals surface area (Å²) in [4.78, 5) is 5.58. The fourth-order valence-electron chi connectivity index (χ4n) is 1.57. The number of hydrogen-bond acceptors (Lipinski definition) is 4. The molecule has 0 spiro atoms. The smallest absolute Gasteiger partial charge is 0.141 e. The second kappa shape index (κ2) is 5.68. The van der Waals surface area contributed by atoms with E-state index in [1.165, 1.54) is 9.88 Å². The van der Waals surface area contributed by atoms with E-state index in [4.69, 9.17) is 4.74 Å². The van der Waals surface area contributed by atoms with E-state index < -0.39 is 0 Å². The Balaban J connectivity index is 2.01. The number of nitrogens with one attached hydrogen (secondary N) is 1. The van der Waals surface area contributed by atoms with Gasteiger partial charge in [0.15, 0.2) is 0 Å². The lowest BCUT2D eigenvalue weighted by Crippen LogP contribution is -1.99. The Morgan fingerprint density at radius 2 is 2.18 bits per heavy atom. The summed E-state index contributed by atoms with van der Waals surface area (Å²) < 4.78 is 5.29. The lowest BCUT2D eigenvalue weighted by molar-refractivity contribution is 0.416. The van der Waals surface area contributed by atoms with E-state index in [0.29, 0.717) is 0 Å². The van der Waals surface area contributed by atoms with E-state index in [1.807, 2.05) is 30.5 Å². The zero-order chi connectivity index (χ0) is 12.1. The zero-order valence-corrected chi connectivity index (χ0v) is 10.9. The fraction of sp³-hybridized carbons (Fsp3) is 0.308. The summed E-state index contributed by atoms with van der Waals surface area (Å²) in [6.07, 6.45) is 2.94. The van der Waals surface area contributed by atoms with Crippen LogP contribution in [0.25, 0.3) is 0 Å². The molecule has 0 saturated heterocycles. The second-order valence-electron chi connectivity index (χ2n) is 3.63. The minimum Gasteiger partial charge on any atom is -0.495 e. The maximum Gasteiger partial charge on any atom is 0.141 e. The molecule has 0 radical (unpaired) electrons. The van der Waals surface area contributed by atoms with Crippen molar-refractivity contribution < 1.29 is 4.74 Å². The number of benzene rings is 1. The summed E-state index contributed by atoms with van der Waals surface area (Å²) >= 11 is 1.75. The molecule has 1 aromatic heterocycles. The predicted molar refractivity (Wildman–Crippen MR) is 71.8 cm³/mol. The minimum atomic E-state index is 0.790. The molecule has 3 nitrogen and oxygen atoms in total. The number of nitrogens with zero attached hydrogens (tertiary/aromatic N) is 1. The van der Waals surface area contributed by atoms with Crippen LogP contribution in [-0.2, 0) is 13.0 Å². The molecule has 90 valence electrons. The van der Waals surface area contributed by atoms with Gasteiger partial charge in [0, 0.05) is 11.1 Å². The van der Waals surface area contributed by atoms with Crippen LogP contribution in [0.15, 0.2) is 30.5 Å². The molecule has 0 bridgehead atoms. The molecule has 4 heteroatoms. The molecule has 1 aromatic carbocycles. The largest absolute Gasteiger partial charge is 0.495 e. The van der Waals surface area contributed by atoms with Crippen LogP contribution in [0.2, 0.25) is 0 Å². The molecular formula is C13H16N2OS. The number of rotatable bonds is 5. The summed E-state index contributed by atoms with van der Waals surface area (Å²) in [5.41, 5.74) is 1.02. The number of thiazole rings is 1. The van der Waals surface area contributed by atoms with Gasteiger partial charge in [0.05, 0.1) is 24.3 Å². The monoisotopic (exact) mass is 248 g/mol. The predicted octanol–water partition coefficient (Wildman–Crippen LogP) is 3.33. The van der Waals surface area contributed by atoms with Crippen LogP contribution in [0.3, 0.4) is 0 Å². The molecule has 1 N–H and O–H groups in total. The van der Waals surface area contributed by atoms with E-state index in [1.54, 1.807) is 18.4 Å². The van der Waals surface area contributed by atoms with Gasteiger partial charge in [-0.2, -0.15) is 0 Å². The Labute approximate surface area is 105 Å². The molecular weight excluding hydrogens is 232 g/mol. The van der Waals surface area contributed by atoms with E-state index in [0.717, 1.165) is 24.4 Å². The quantitative estimate of drug-likeness (QED) is 0.881. The van der Waals surface area contributed by atoms with Gasteiger partial charge in [-0.15, -0.1) is 11.3 Å². The highest BCUT2D eigenvalue weighted by atomic mass is 32.1. The molecule has 17 heavy (non-hydrogen) atoms. The zero-order valence-electron chi connectivity index (χ0n) is 10.1. The first-order chi connectivity index (χ1) is 8.33. The molecule has 0 atom stereocenters. The standard InChI is InChI=1S/C13H16N2OS/c1-3-13-15-9-10(17-13)8-14-11-6-4-5-7-12(11)16-2/h4-7,9,14H,3,8H2,1-2H3. The third kappa shape index (κ3) is 2.97. The average molecular weight is 248 g/mol. The normalized spacial score (nSPS) is 10.2. The van der Waals surface area contributed by atoms with E-state index in [2.05, 4.69) is 17.2 Å². The van der Waals surface area contributed by atoms with Crippen molar-refractivity contribution in [1.29, 1.82) is 0 Å². The molecule has 0 aliphatic heterocycles. The fourth-order valence-corrected chi connectivity index (χ4v) is 2.37. The molecule has 0 aliphatic rings. The maximum absolute atomic E-state index is 5.29. The number of anilines is 1. The highest BCUT2D eigenvalue weighted by Gasteiger charge is 2.03. The summed E-state index contributed by atoms with van der Waals surface area (Å²) in [6, 6.07) is 7.92. The van der Waals surface area contributed by atoms with Crippen LogP contribution >= 0.6 is 11.3 Å². The summed E-state index contributed by atoms with van der Waals surface area (Å²) in [7, 11) is 1.68. The number of ether oxygens (including phenoxy) is 1. The van der Waals surface area contributed by atoms with Crippen LogP contribution in [-0.4, -0.2) is 12.1 Å². The first-order valence-electron chi connectivity index (χ1n) is 5.64. The van der Waals surface area contributed by atoms with Crippen molar-refractivity contribution in [2.24, 2.45) is 0 Å². The van der Waals surface area contributed by atoms with Gasteiger partial charge < -0.3 is 10.1 Å². The van der Waals surface area contributed by atoms with Crippen LogP contribution in [0.4, 0.5) is 5.69 Å². The first kappa shape index (κ1) is 11.9. The van der Waals surface area contributed by atoms with E-state index >= 15 is 0 Å². The minimum absolute atomic E-state index is 0.790. The first-order valence-corrected chi connectivity index (χ1v) is 6.45. The third-order valence-electron chi connectivity index (χ3n) is 2.46. The second-order valence-corrected chi connectivity index (χ2v) is 4.83. The van der Waals surface area contributed by atoms with Gasteiger partial charge in [0.1, 0.15) is 5.75 Å². The van der Waals surface area contributed by atoms with Gasteiger partial charge >= 0.3 is 0 Å². The Kier molecular flexibility index (Phi) is 3.98. The SMILES string of the molecule is CCc1ncc(CNc2ccccc2OC)s1. The highest BCUT2D eigenvalue weighted by molar-refractivity contribution is 7.11. The number of para-hydroxylation sites is 2. The van der Waals surface area contributed by atoms with Gasteiger partial charge in [-0.3, -0.25) is 0 Å². The number of aryl methyl sites for hydroxylation is 1. The van der Waals surface area contributed by atoms with Crippen LogP contribution in [0.1, 0.15) is 16.8 Å². The van der Waals surface area contributed by atoms with Crippen molar-refractivity contribution in [3.05, 3.63) is 40.3 Å². The van der Waals surface area contributed by atoms with Crippen molar-refractivity contribution in [2.45, 2.75) is 19.9 Å². The molecule has 0 fully saturated rings. The summed E-state index contributed by atoms with van der Waals surface area (Å²) in [6.45, 7) is 2.91. The van der Waals surface area contributed by atoms with E-state index in [9.17, 15) is 0 Å². The van der Waals surface area contributed by atoms with Crippen LogP contribution < -0.4 is 10.1 Å². The number of methoxy groups -OCH3 is 1. The Morgan fingerprint density at radius 1 is 1.35 bits per heavy atom. The molecule has 0 unspecified atom stereocenters. The van der Waals surface area contributed by atoms with Gasteiger partial charge in [0.25, 0.3) is 0 Å². The molecule has 1 heterocycles. The van der Waals surface area contributed by atoms with Crippen LogP contribution in [0, 0.1) is 0 Å². The van der Waals surface area contributed by atoms with Crippen molar-refractivity contribution in [3.8, 4) is 5.75 Å². The Bertz CT molecular complexity index is 482. The topological polar surface area (TPSA) is 34.2 Å². The van der Waals surface area contributed by atoms with Crippen molar-refractivity contribution >= 4 is 17.0 Å². The van der Waals surface area contributed by atoms with E-state index in [-0.39, 0.29) is 0 Å². The van der Waals surface area contributed by atoms with Crippen molar-refractivity contribution in [1.82, 2.24) is 4.98 Å². The van der Waals surface area contributed by atoms with Gasteiger partial charge in [0.2, 0.25) is 0 Å². The van der Waals surface area contributed by atoms with Crippen molar-refractivity contribution in [2.75, 3.05) is 12.4 Å². The molecule has 0 saturated carbocycles. The number of hydrogen-bond donors (Lipinski definition) is 1. The lowest BCUT2D eigenvalue weighted by Gasteiger charge is -2.09. The van der Waals surface area contributed by atoms with Gasteiger partial charge in [-0.05, 0) is 18.6 Å². The summed E-state index contributed by atoms with van der Waals surface area (Å²) in [5, 5.41) is 4.55. The van der Waals surface area contributed by atoms with Crippen molar-refractivity contribution in [3.63, 3.8) is 0 Å². The molecule has 0 amide bonds. The molecule has 2 aromatic rings. The average Bonchev–Trinajstić information content (AvgIpc) is 2.84.